The van der Waals surface area contributed by atoms with Crippen LogP contribution in [0.5, 0.6) is 0 Å². The van der Waals surface area contributed by atoms with Gasteiger partial charge in [-0.15, -0.1) is 0 Å². The molecule has 8 nitrogen and oxygen atoms in total. The highest BCUT2D eigenvalue weighted by Gasteiger charge is 2.23. The van der Waals surface area contributed by atoms with Crippen LogP contribution in [0.15, 0.2) is 91.6 Å². The van der Waals surface area contributed by atoms with Gasteiger partial charge < -0.3 is 10.6 Å². The smallest absolute Gasteiger partial charge is 0.252 e. The second-order valence-electron chi connectivity index (χ2n) is 6.42. The highest BCUT2D eigenvalue weighted by Crippen LogP contribution is 2.17. The first-order chi connectivity index (χ1) is 14.7. The number of carbonyl (C=O) groups excluding carboxylic acids is 2. The van der Waals surface area contributed by atoms with E-state index in [0.717, 1.165) is 0 Å². The molecule has 4 aromatic rings. The van der Waals surface area contributed by atoms with E-state index in [0.29, 0.717) is 22.6 Å². The molecule has 2 amide bonds. The van der Waals surface area contributed by atoms with Crippen LogP contribution < -0.4 is 10.6 Å². The van der Waals surface area contributed by atoms with Crippen molar-refractivity contribution >= 4 is 17.5 Å². The molecule has 2 aromatic heterocycles. The molecule has 4 rings (SSSR count). The Morgan fingerprint density at radius 2 is 1.63 bits per heavy atom. The molecule has 0 aliphatic carbocycles. The molecule has 1 unspecified atom stereocenters. The first kappa shape index (κ1) is 19.0. The van der Waals surface area contributed by atoms with Gasteiger partial charge in [-0.05, 0) is 29.8 Å². The second kappa shape index (κ2) is 8.78. The van der Waals surface area contributed by atoms with Crippen molar-refractivity contribution in [3.05, 3.63) is 103 Å². The predicted octanol–water partition coefficient (Wildman–Crippen LogP) is 2.77. The number of hydrogen-bond donors (Lipinski definition) is 2. The Hall–Kier alpha value is -4.33. The van der Waals surface area contributed by atoms with Gasteiger partial charge in [0.2, 0.25) is 0 Å². The summed E-state index contributed by atoms with van der Waals surface area (Å²) < 4.78 is 1.51. The Morgan fingerprint density at radius 3 is 2.27 bits per heavy atom. The van der Waals surface area contributed by atoms with Gasteiger partial charge in [-0.2, -0.15) is 5.10 Å². The van der Waals surface area contributed by atoms with Gasteiger partial charge in [0, 0.05) is 5.56 Å². The fraction of sp³-hybridized carbons (Fsp3) is 0.0455. The number of anilines is 1. The summed E-state index contributed by atoms with van der Waals surface area (Å²) in [6, 6.07) is 20.4. The van der Waals surface area contributed by atoms with Crippen LogP contribution in [0.4, 0.5) is 5.69 Å². The standard InChI is InChI=1S/C22H18N6O2/c29-21(17-9-5-2-6-10-17)27-20(16-7-3-1-4-8-16)22(30)26-18-11-12-19(24-13-18)28-15-23-14-25-28/h1-15,20H,(H,26,30)(H,27,29). The summed E-state index contributed by atoms with van der Waals surface area (Å²) in [4.78, 5) is 33.8. The largest absolute Gasteiger partial charge is 0.336 e. The summed E-state index contributed by atoms with van der Waals surface area (Å²) in [6.45, 7) is 0. The lowest BCUT2D eigenvalue weighted by Gasteiger charge is -2.19. The Bertz CT molecular complexity index is 1110. The molecule has 30 heavy (non-hydrogen) atoms. The van der Waals surface area contributed by atoms with Crippen molar-refractivity contribution in [2.45, 2.75) is 6.04 Å². The lowest BCUT2D eigenvalue weighted by atomic mass is 10.1. The van der Waals surface area contributed by atoms with Crippen molar-refractivity contribution in [1.29, 1.82) is 0 Å². The van der Waals surface area contributed by atoms with E-state index in [-0.39, 0.29) is 11.8 Å². The third-order valence-electron chi connectivity index (χ3n) is 4.38. The average Bonchev–Trinajstić information content (AvgIpc) is 3.34. The van der Waals surface area contributed by atoms with Crippen LogP contribution >= 0.6 is 0 Å². The summed E-state index contributed by atoms with van der Waals surface area (Å²) in [6.07, 6.45) is 4.47. The number of carbonyl (C=O) groups is 2. The second-order valence-corrected chi connectivity index (χ2v) is 6.42. The van der Waals surface area contributed by atoms with Crippen molar-refractivity contribution in [3.63, 3.8) is 0 Å². The van der Waals surface area contributed by atoms with Crippen molar-refractivity contribution in [2.75, 3.05) is 5.32 Å². The number of amides is 2. The van der Waals surface area contributed by atoms with Gasteiger partial charge in [-0.25, -0.2) is 14.6 Å². The van der Waals surface area contributed by atoms with E-state index < -0.39 is 6.04 Å². The van der Waals surface area contributed by atoms with E-state index in [1.54, 1.807) is 48.5 Å². The molecule has 2 N–H and O–H groups in total. The van der Waals surface area contributed by atoms with Crippen LogP contribution in [0.2, 0.25) is 0 Å². The van der Waals surface area contributed by atoms with Crippen LogP contribution in [0.3, 0.4) is 0 Å². The molecular weight excluding hydrogens is 380 g/mol. The summed E-state index contributed by atoms with van der Waals surface area (Å²) in [7, 11) is 0. The summed E-state index contributed by atoms with van der Waals surface area (Å²) >= 11 is 0. The number of rotatable bonds is 6. The third-order valence-corrected chi connectivity index (χ3v) is 4.38. The minimum atomic E-state index is -0.867. The predicted molar refractivity (Wildman–Crippen MR) is 111 cm³/mol. The van der Waals surface area contributed by atoms with Crippen LogP contribution in [-0.2, 0) is 4.79 Å². The first-order valence-electron chi connectivity index (χ1n) is 9.23. The van der Waals surface area contributed by atoms with Gasteiger partial charge >= 0.3 is 0 Å². The summed E-state index contributed by atoms with van der Waals surface area (Å²) in [5.41, 5.74) is 1.65. The van der Waals surface area contributed by atoms with Crippen LogP contribution in [0, 0.1) is 0 Å². The fourth-order valence-electron chi connectivity index (χ4n) is 2.89. The topological polar surface area (TPSA) is 102 Å². The number of pyridine rings is 1. The molecule has 0 radical (unpaired) electrons. The van der Waals surface area contributed by atoms with Crippen molar-refractivity contribution in [1.82, 2.24) is 25.1 Å². The third kappa shape index (κ3) is 4.39. The molecule has 0 bridgehead atoms. The molecule has 0 spiro atoms. The molecule has 0 saturated heterocycles. The molecule has 0 saturated carbocycles. The van der Waals surface area contributed by atoms with E-state index in [4.69, 9.17) is 0 Å². The molecule has 0 fully saturated rings. The number of hydrogen-bond acceptors (Lipinski definition) is 5. The first-order valence-corrected chi connectivity index (χ1v) is 9.23. The minimum absolute atomic E-state index is 0.334. The van der Waals surface area contributed by atoms with Crippen LogP contribution in [0.1, 0.15) is 22.0 Å². The van der Waals surface area contributed by atoms with Gasteiger partial charge in [0.1, 0.15) is 18.7 Å². The van der Waals surface area contributed by atoms with Crippen LogP contribution in [-0.4, -0.2) is 31.6 Å². The Labute approximate surface area is 172 Å². The molecule has 148 valence electrons. The SMILES string of the molecule is O=C(NC(C(=O)Nc1ccc(-n2cncn2)nc1)c1ccccc1)c1ccccc1. The maximum absolute atomic E-state index is 13.0. The summed E-state index contributed by atoms with van der Waals surface area (Å²) in [5.74, 6) is -0.137. The van der Waals surface area contributed by atoms with Gasteiger partial charge in [0.05, 0.1) is 11.9 Å². The van der Waals surface area contributed by atoms with Crippen molar-refractivity contribution in [2.24, 2.45) is 0 Å². The molecule has 2 aromatic carbocycles. The molecule has 0 aliphatic rings. The van der Waals surface area contributed by atoms with Crippen molar-refractivity contribution < 1.29 is 9.59 Å². The number of nitrogens with zero attached hydrogens (tertiary/aromatic N) is 4. The lowest BCUT2D eigenvalue weighted by molar-refractivity contribution is -0.118. The van der Waals surface area contributed by atoms with Crippen molar-refractivity contribution in [3.8, 4) is 5.82 Å². The van der Waals surface area contributed by atoms with E-state index >= 15 is 0 Å². The van der Waals surface area contributed by atoms with Gasteiger partial charge in [0.25, 0.3) is 11.8 Å². The summed E-state index contributed by atoms with van der Waals surface area (Å²) in [5, 5.41) is 9.63. The number of nitrogens with one attached hydrogen (secondary N) is 2. The number of aromatic nitrogens is 4. The Kier molecular flexibility index (Phi) is 5.56. The molecule has 0 aliphatic heterocycles. The zero-order valence-corrected chi connectivity index (χ0v) is 15.8. The number of benzene rings is 2. The van der Waals surface area contributed by atoms with Crippen LogP contribution in [0.25, 0.3) is 5.82 Å². The minimum Gasteiger partial charge on any atom is -0.336 e. The average molecular weight is 398 g/mol. The highest BCUT2D eigenvalue weighted by molar-refractivity contribution is 6.01. The normalized spacial score (nSPS) is 11.5. The maximum Gasteiger partial charge on any atom is 0.252 e. The van der Waals surface area contributed by atoms with E-state index in [2.05, 4.69) is 25.7 Å². The maximum atomic E-state index is 13.0. The molecular formula is C22H18N6O2. The lowest BCUT2D eigenvalue weighted by Crippen LogP contribution is -2.37. The zero-order chi connectivity index (χ0) is 20.8. The van der Waals surface area contributed by atoms with E-state index in [1.807, 2.05) is 24.3 Å². The van der Waals surface area contributed by atoms with Gasteiger partial charge in [0.15, 0.2) is 5.82 Å². The monoisotopic (exact) mass is 398 g/mol. The Balaban J connectivity index is 1.53. The van der Waals surface area contributed by atoms with E-state index in [9.17, 15) is 9.59 Å². The molecule has 2 heterocycles. The quantitative estimate of drug-likeness (QED) is 0.520. The zero-order valence-electron chi connectivity index (χ0n) is 15.8. The van der Waals surface area contributed by atoms with E-state index in [1.165, 1.54) is 23.5 Å². The Morgan fingerprint density at radius 1 is 0.900 bits per heavy atom. The molecule has 8 heteroatoms. The highest BCUT2D eigenvalue weighted by atomic mass is 16.2. The van der Waals surface area contributed by atoms with Gasteiger partial charge in [-0.3, -0.25) is 9.59 Å². The van der Waals surface area contributed by atoms with Gasteiger partial charge in [-0.1, -0.05) is 48.5 Å². The fourth-order valence-corrected chi connectivity index (χ4v) is 2.89. The molecule has 1 atom stereocenters.